The van der Waals surface area contributed by atoms with Crippen LogP contribution in [0.25, 0.3) is 0 Å². The van der Waals surface area contributed by atoms with E-state index in [9.17, 15) is 9.36 Å². The number of phosphoric acid groups is 1. The molecule has 0 aromatic heterocycles. The van der Waals surface area contributed by atoms with Gasteiger partial charge in [0.2, 0.25) is 5.91 Å². The van der Waals surface area contributed by atoms with Crippen LogP contribution in [0.5, 0.6) is 0 Å². The van der Waals surface area contributed by atoms with Gasteiger partial charge in [-0.1, -0.05) is 6.42 Å². The van der Waals surface area contributed by atoms with Crippen molar-refractivity contribution in [2.24, 2.45) is 0 Å². The summed E-state index contributed by atoms with van der Waals surface area (Å²) in [6.45, 7) is 2.33. The Hall–Kier alpha value is -0.500. The Bertz CT molecular complexity index is 330. The van der Waals surface area contributed by atoms with Crippen LogP contribution >= 0.6 is 7.82 Å². The van der Waals surface area contributed by atoms with Crippen LogP contribution in [0.2, 0.25) is 0 Å². The molecular weight excluding hydrogens is 311 g/mol. The second-order valence-electron chi connectivity index (χ2n) is 4.71. The Labute approximate surface area is 132 Å². The average molecular weight is 340 g/mol. The summed E-state index contributed by atoms with van der Waals surface area (Å²) in [5, 5.41) is 5.85. The molecule has 9 heteroatoms. The lowest BCUT2D eigenvalue weighted by Gasteiger charge is -2.09. The molecule has 0 spiro atoms. The first-order valence-electron chi connectivity index (χ1n) is 7.54. The fraction of sp³-hybridized carbons (Fsp3) is 0.923. The fourth-order valence-electron chi connectivity index (χ4n) is 1.61. The number of nitrogens with one attached hydrogen (secondary N) is 2. The summed E-state index contributed by atoms with van der Waals surface area (Å²) < 4.78 is 25.1. The van der Waals surface area contributed by atoms with Gasteiger partial charge >= 0.3 is 7.82 Å². The van der Waals surface area contributed by atoms with E-state index in [-0.39, 0.29) is 12.5 Å². The predicted molar refractivity (Wildman–Crippen MR) is 83.6 cm³/mol. The summed E-state index contributed by atoms with van der Waals surface area (Å²) in [4.78, 5) is 20.4. The van der Waals surface area contributed by atoms with Gasteiger partial charge in [-0.2, -0.15) is 0 Å². The number of unbranched alkanes of at least 4 members (excludes halogenated alkanes) is 2. The van der Waals surface area contributed by atoms with Crippen LogP contribution in [0.4, 0.5) is 0 Å². The molecule has 0 saturated carbocycles. The largest absolute Gasteiger partial charge is 0.471 e. The Balaban J connectivity index is 3.28. The van der Waals surface area contributed by atoms with Crippen LogP contribution < -0.4 is 10.6 Å². The van der Waals surface area contributed by atoms with Gasteiger partial charge in [0, 0.05) is 26.7 Å². The van der Waals surface area contributed by atoms with Crippen molar-refractivity contribution in [1.29, 1.82) is 0 Å². The van der Waals surface area contributed by atoms with Gasteiger partial charge in [-0.05, 0) is 32.9 Å². The molecule has 0 aromatic carbocycles. The highest BCUT2D eigenvalue weighted by Gasteiger charge is 2.17. The highest BCUT2D eigenvalue weighted by molar-refractivity contribution is 7.47. The molecule has 1 amide bonds. The Morgan fingerprint density at radius 1 is 1.09 bits per heavy atom. The van der Waals surface area contributed by atoms with E-state index in [1.165, 1.54) is 0 Å². The Morgan fingerprint density at radius 2 is 1.86 bits per heavy atom. The fourth-order valence-corrected chi connectivity index (χ4v) is 2.08. The molecular formula is C13H29N2O6P. The number of amides is 1. The highest BCUT2D eigenvalue weighted by Crippen LogP contribution is 2.41. The lowest BCUT2D eigenvalue weighted by molar-refractivity contribution is -0.121. The average Bonchev–Trinajstić information content (AvgIpc) is 2.49. The molecule has 0 aliphatic heterocycles. The van der Waals surface area contributed by atoms with Gasteiger partial charge in [0.25, 0.3) is 0 Å². The molecule has 0 rings (SSSR count). The van der Waals surface area contributed by atoms with Gasteiger partial charge in [-0.25, -0.2) is 4.57 Å². The zero-order chi connectivity index (χ0) is 16.7. The monoisotopic (exact) mass is 340 g/mol. The Kier molecular flexibility index (Phi) is 13.8. The van der Waals surface area contributed by atoms with E-state index in [1.54, 1.807) is 0 Å². The van der Waals surface area contributed by atoms with E-state index in [2.05, 4.69) is 19.7 Å². The van der Waals surface area contributed by atoms with Gasteiger partial charge in [0.1, 0.15) is 0 Å². The summed E-state index contributed by atoms with van der Waals surface area (Å²) in [5.74, 6) is 0.0395. The number of rotatable bonds is 15. The number of phosphoric ester groups is 1. The smallest absolute Gasteiger partial charge is 0.380 e. The molecule has 0 aliphatic carbocycles. The molecule has 1 atom stereocenters. The first kappa shape index (κ1) is 21.5. The summed E-state index contributed by atoms with van der Waals surface area (Å²) in [5.41, 5.74) is 0. The minimum Gasteiger partial charge on any atom is -0.380 e. The molecule has 0 aromatic rings. The summed E-state index contributed by atoms with van der Waals surface area (Å²) in [6.07, 6.45) is 4.04. The molecule has 8 nitrogen and oxygen atoms in total. The molecule has 22 heavy (non-hydrogen) atoms. The van der Waals surface area contributed by atoms with Gasteiger partial charge in [-0.15, -0.1) is 0 Å². The summed E-state index contributed by atoms with van der Waals surface area (Å²) in [6, 6.07) is 0. The standard InChI is InChI=1S/C13H29N2O6P/c1-14-8-5-3-4-7-13(16)15-9-12-20-10-6-11-21-22(17,18)19-2/h14H,3-12H2,1-2H3,(H,15,16)(H,17,18). The minimum atomic E-state index is -3.88. The van der Waals surface area contributed by atoms with E-state index in [4.69, 9.17) is 9.63 Å². The van der Waals surface area contributed by atoms with E-state index < -0.39 is 7.82 Å². The maximum absolute atomic E-state index is 11.5. The van der Waals surface area contributed by atoms with Crippen LogP contribution in [0.15, 0.2) is 0 Å². The predicted octanol–water partition coefficient (Wildman–Crippen LogP) is 1.05. The second-order valence-corrected chi connectivity index (χ2v) is 6.27. The van der Waals surface area contributed by atoms with E-state index in [1.807, 2.05) is 7.05 Å². The van der Waals surface area contributed by atoms with Crippen molar-refractivity contribution in [2.45, 2.75) is 32.1 Å². The number of ether oxygens (including phenoxy) is 1. The topological polar surface area (TPSA) is 106 Å². The van der Waals surface area contributed by atoms with Crippen LogP contribution in [-0.4, -0.2) is 57.9 Å². The SMILES string of the molecule is CNCCCCCC(=O)NCCOCCCOP(=O)(O)OC. The number of carbonyl (C=O) groups is 1. The lowest BCUT2D eigenvalue weighted by atomic mass is 10.2. The molecule has 0 fully saturated rings. The third-order valence-electron chi connectivity index (χ3n) is 2.82. The van der Waals surface area contributed by atoms with Gasteiger partial charge in [0.05, 0.1) is 13.2 Å². The lowest BCUT2D eigenvalue weighted by Crippen LogP contribution is -2.27. The normalized spacial score (nSPS) is 13.8. The molecule has 132 valence electrons. The zero-order valence-electron chi connectivity index (χ0n) is 13.5. The summed E-state index contributed by atoms with van der Waals surface area (Å²) in [7, 11) is -0.855. The maximum atomic E-state index is 11.5. The third kappa shape index (κ3) is 14.4. The zero-order valence-corrected chi connectivity index (χ0v) is 14.4. The molecule has 0 bridgehead atoms. The molecule has 0 radical (unpaired) electrons. The van der Waals surface area contributed by atoms with Gasteiger partial charge in [0.15, 0.2) is 0 Å². The van der Waals surface area contributed by atoms with Crippen molar-refractivity contribution in [1.82, 2.24) is 10.6 Å². The van der Waals surface area contributed by atoms with Crippen LogP contribution in [0.1, 0.15) is 32.1 Å². The van der Waals surface area contributed by atoms with Crippen molar-refractivity contribution < 1.29 is 28.0 Å². The number of carbonyl (C=O) groups excluding carboxylic acids is 1. The highest BCUT2D eigenvalue weighted by atomic mass is 31.2. The quantitative estimate of drug-likeness (QED) is 0.302. The molecule has 0 heterocycles. The van der Waals surface area contributed by atoms with Crippen LogP contribution in [0, 0.1) is 0 Å². The van der Waals surface area contributed by atoms with E-state index in [0.717, 1.165) is 32.9 Å². The van der Waals surface area contributed by atoms with Crippen LogP contribution in [-0.2, 0) is 23.1 Å². The minimum absolute atomic E-state index is 0.0395. The third-order valence-corrected chi connectivity index (χ3v) is 3.79. The van der Waals surface area contributed by atoms with E-state index >= 15 is 0 Å². The first-order valence-corrected chi connectivity index (χ1v) is 9.03. The number of hydrogen-bond donors (Lipinski definition) is 3. The maximum Gasteiger partial charge on any atom is 0.471 e. The van der Waals surface area contributed by atoms with Crippen molar-refractivity contribution in [2.75, 3.05) is 47.1 Å². The second kappa shape index (κ2) is 14.1. The molecule has 3 N–H and O–H groups in total. The van der Waals surface area contributed by atoms with Gasteiger partial charge in [-0.3, -0.25) is 13.8 Å². The van der Waals surface area contributed by atoms with Crippen LogP contribution in [0.3, 0.4) is 0 Å². The first-order chi connectivity index (χ1) is 10.5. The van der Waals surface area contributed by atoms with Crippen molar-refractivity contribution in [3.8, 4) is 0 Å². The summed E-state index contributed by atoms with van der Waals surface area (Å²) >= 11 is 0. The molecule has 1 unspecified atom stereocenters. The van der Waals surface area contributed by atoms with E-state index in [0.29, 0.717) is 32.6 Å². The molecule has 0 aliphatic rings. The van der Waals surface area contributed by atoms with Crippen molar-refractivity contribution >= 4 is 13.7 Å². The molecule has 0 saturated heterocycles. The van der Waals surface area contributed by atoms with Gasteiger partial charge < -0.3 is 20.3 Å². The number of hydrogen-bond acceptors (Lipinski definition) is 6. The van der Waals surface area contributed by atoms with Crippen molar-refractivity contribution in [3.63, 3.8) is 0 Å². The van der Waals surface area contributed by atoms with Crippen molar-refractivity contribution in [3.05, 3.63) is 0 Å². The Morgan fingerprint density at radius 3 is 2.55 bits per heavy atom.